The molecule has 0 spiro atoms. The van der Waals surface area contributed by atoms with Crippen LogP contribution in [0.4, 0.5) is 0 Å². The van der Waals surface area contributed by atoms with E-state index in [-0.39, 0.29) is 4.88 Å². The van der Waals surface area contributed by atoms with Crippen LogP contribution in [0.5, 0.6) is 11.5 Å². The highest BCUT2D eigenvalue weighted by atomic mass is 32.1. The standard InChI is InChI=1S/C18H22N2O5S/c1-12-16(18(21)22)26-17(19-12)13-4-3-5-14(23-2)15(13)25-11-8-20-6-9-24-10-7-20/h3-5H,6-11H2,1-2H3,(H,21,22). The summed E-state index contributed by atoms with van der Waals surface area (Å²) >= 11 is 1.14. The van der Waals surface area contributed by atoms with E-state index in [1.165, 1.54) is 0 Å². The first-order valence-corrected chi connectivity index (χ1v) is 9.22. The van der Waals surface area contributed by atoms with E-state index in [0.29, 0.717) is 28.8 Å². The van der Waals surface area contributed by atoms with Gasteiger partial charge in [0.1, 0.15) is 16.5 Å². The van der Waals surface area contributed by atoms with Gasteiger partial charge in [0.05, 0.1) is 31.6 Å². The van der Waals surface area contributed by atoms with E-state index in [1.54, 1.807) is 14.0 Å². The number of aryl methyl sites for hydroxylation is 1. The minimum Gasteiger partial charge on any atom is -0.493 e. The first-order chi connectivity index (χ1) is 12.6. The second-order valence-corrected chi connectivity index (χ2v) is 6.88. The van der Waals surface area contributed by atoms with Crippen molar-refractivity contribution in [3.05, 3.63) is 28.8 Å². The zero-order valence-corrected chi connectivity index (χ0v) is 15.7. The number of benzene rings is 1. The highest BCUT2D eigenvalue weighted by Crippen LogP contribution is 2.40. The molecule has 0 unspecified atom stereocenters. The third kappa shape index (κ3) is 4.14. The zero-order chi connectivity index (χ0) is 18.5. The molecule has 1 aliphatic rings. The number of rotatable bonds is 7. The van der Waals surface area contributed by atoms with Crippen LogP contribution in [-0.2, 0) is 4.74 Å². The fraction of sp³-hybridized carbons (Fsp3) is 0.444. The molecule has 1 N–H and O–H groups in total. The molecule has 2 heterocycles. The number of morpholine rings is 1. The van der Waals surface area contributed by atoms with Crippen molar-refractivity contribution >= 4 is 17.3 Å². The van der Waals surface area contributed by atoms with Crippen molar-refractivity contribution in [1.82, 2.24) is 9.88 Å². The average molecular weight is 378 g/mol. The number of methoxy groups -OCH3 is 1. The summed E-state index contributed by atoms with van der Waals surface area (Å²) in [7, 11) is 1.59. The predicted octanol–water partition coefficient (Wildman–Crippen LogP) is 2.54. The average Bonchev–Trinajstić information content (AvgIpc) is 3.04. The van der Waals surface area contributed by atoms with Crippen LogP contribution in [0.25, 0.3) is 10.6 Å². The van der Waals surface area contributed by atoms with Crippen molar-refractivity contribution in [2.24, 2.45) is 0 Å². The number of ether oxygens (including phenoxy) is 3. The maximum Gasteiger partial charge on any atom is 0.347 e. The molecule has 1 saturated heterocycles. The molecular formula is C18H22N2O5S. The summed E-state index contributed by atoms with van der Waals surface area (Å²) in [6.45, 7) is 6.28. The van der Waals surface area contributed by atoms with E-state index in [4.69, 9.17) is 14.2 Å². The summed E-state index contributed by atoms with van der Waals surface area (Å²) in [5, 5.41) is 9.89. The lowest BCUT2D eigenvalue weighted by atomic mass is 10.2. The van der Waals surface area contributed by atoms with E-state index < -0.39 is 5.97 Å². The van der Waals surface area contributed by atoms with Crippen molar-refractivity contribution in [2.75, 3.05) is 46.6 Å². The van der Waals surface area contributed by atoms with Gasteiger partial charge in [-0.25, -0.2) is 9.78 Å². The molecule has 1 aromatic heterocycles. The number of carboxylic acids is 1. The summed E-state index contributed by atoms with van der Waals surface area (Å²) in [6, 6.07) is 5.54. The Kier molecular flexibility index (Phi) is 6.08. The lowest BCUT2D eigenvalue weighted by Gasteiger charge is -2.26. The SMILES string of the molecule is COc1cccc(-c2nc(C)c(C(=O)O)s2)c1OCCN1CCOCC1. The summed E-state index contributed by atoms with van der Waals surface area (Å²) < 4.78 is 16.8. The van der Waals surface area contributed by atoms with Gasteiger partial charge in [-0.2, -0.15) is 0 Å². The van der Waals surface area contributed by atoms with E-state index in [2.05, 4.69) is 9.88 Å². The van der Waals surface area contributed by atoms with E-state index in [9.17, 15) is 9.90 Å². The third-order valence-corrected chi connectivity index (χ3v) is 5.36. The smallest absolute Gasteiger partial charge is 0.347 e. The van der Waals surface area contributed by atoms with Crippen LogP contribution in [0.15, 0.2) is 18.2 Å². The van der Waals surface area contributed by atoms with E-state index in [0.717, 1.165) is 49.7 Å². The number of para-hydroxylation sites is 1. The number of hydrogen-bond donors (Lipinski definition) is 1. The van der Waals surface area contributed by atoms with Gasteiger partial charge in [-0.15, -0.1) is 11.3 Å². The summed E-state index contributed by atoms with van der Waals surface area (Å²) in [5.74, 6) is 0.229. The largest absolute Gasteiger partial charge is 0.493 e. The van der Waals surface area contributed by atoms with E-state index >= 15 is 0 Å². The Morgan fingerprint density at radius 2 is 2.15 bits per heavy atom. The predicted molar refractivity (Wildman–Crippen MR) is 98.6 cm³/mol. The molecule has 140 valence electrons. The summed E-state index contributed by atoms with van der Waals surface area (Å²) in [6.07, 6.45) is 0. The second-order valence-electron chi connectivity index (χ2n) is 5.88. The normalized spacial score (nSPS) is 15.0. The van der Waals surface area contributed by atoms with Crippen molar-refractivity contribution in [3.8, 4) is 22.1 Å². The first kappa shape index (κ1) is 18.6. The minimum atomic E-state index is -0.969. The maximum absolute atomic E-state index is 11.3. The third-order valence-electron chi connectivity index (χ3n) is 4.18. The highest BCUT2D eigenvalue weighted by Gasteiger charge is 2.20. The Morgan fingerprint density at radius 3 is 2.81 bits per heavy atom. The van der Waals surface area contributed by atoms with Crippen molar-refractivity contribution in [2.45, 2.75) is 6.92 Å². The number of aromatic carboxylic acids is 1. The molecule has 0 atom stereocenters. The lowest BCUT2D eigenvalue weighted by Crippen LogP contribution is -2.38. The molecule has 2 aromatic rings. The molecule has 26 heavy (non-hydrogen) atoms. The molecule has 0 bridgehead atoms. The summed E-state index contributed by atoms with van der Waals surface area (Å²) in [4.78, 5) is 18.3. The Bertz CT molecular complexity index is 771. The van der Waals surface area contributed by atoms with Gasteiger partial charge in [0.25, 0.3) is 0 Å². The van der Waals surface area contributed by atoms with Crippen LogP contribution >= 0.6 is 11.3 Å². The van der Waals surface area contributed by atoms with Gasteiger partial charge < -0.3 is 19.3 Å². The Morgan fingerprint density at radius 1 is 1.38 bits per heavy atom. The molecule has 1 aliphatic heterocycles. The second kappa shape index (κ2) is 8.48. The Labute approximate surface area is 156 Å². The van der Waals surface area contributed by atoms with Crippen LogP contribution in [0.2, 0.25) is 0 Å². The number of carboxylic acid groups (broad SMARTS) is 1. The monoisotopic (exact) mass is 378 g/mol. The van der Waals surface area contributed by atoms with Gasteiger partial charge in [0.2, 0.25) is 0 Å². The van der Waals surface area contributed by atoms with Crippen molar-refractivity contribution in [3.63, 3.8) is 0 Å². The molecule has 1 fully saturated rings. The maximum atomic E-state index is 11.3. The lowest BCUT2D eigenvalue weighted by molar-refractivity contribution is 0.0321. The Balaban J connectivity index is 1.81. The van der Waals surface area contributed by atoms with Gasteiger partial charge in [0.15, 0.2) is 11.5 Å². The molecular weight excluding hydrogens is 356 g/mol. The number of nitrogens with zero attached hydrogens (tertiary/aromatic N) is 2. The molecule has 0 aliphatic carbocycles. The van der Waals surface area contributed by atoms with Gasteiger partial charge in [-0.1, -0.05) is 6.07 Å². The molecule has 0 saturated carbocycles. The van der Waals surface area contributed by atoms with Crippen molar-refractivity contribution in [1.29, 1.82) is 0 Å². The van der Waals surface area contributed by atoms with Crippen LogP contribution < -0.4 is 9.47 Å². The Hall–Kier alpha value is -2.16. The number of hydrogen-bond acceptors (Lipinski definition) is 7. The minimum absolute atomic E-state index is 0.238. The molecule has 3 rings (SSSR count). The van der Waals surface area contributed by atoms with Gasteiger partial charge >= 0.3 is 5.97 Å². The number of thiazole rings is 1. The van der Waals surface area contributed by atoms with Gasteiger partial charge in [-0.3, -0.25) is 4.90 Å². The number of carbonyl (C=O) groups is 1. The van der Waals surface area contributed by atoms with Gasteiger partial charge in [-0.05, 0) is 19.1 Å². The quantitative estimate of drug-likeness (QED) is 0.793. The molecule has 1 aromatic carbocycles. The molecule has 8 heteroatoms. The number of aromatic nitrogens is 1. The van der Waals surface area contributed by atoms with E-state index in [1.807, 2.05) is 18.2 Å². The topological polar surface area (TPSA) is 81.1 Å². The molecule has 7 nitrogen and oxygen atoms in total. The van der Waals surface area contributed by atoms with Crippen LogP contribution in [-0.4, -0.2) is 67.5 Å². The summed E-state index contributed by atoms with van der Waals surface area (Å²) in [5.41, 5.74) is 1.24. The van der Waals surface area contributed by atoms with Crippen LogP contribution in [0.3, 0.4) is 0 Å². The first-order valence-electron chi connectivity index (χ1n) is 8.41. The fourth-order valence-corrected chi connectivity index (χ4v) is 3.73. The zero-order valence-electron chi connectivity index (χ0n) is 14.9. The van der Waals surface area contributed by atoms with Crippen LogP contribution in [0.1, 0.15) is 15.4 Å². The molecule has 0 amide bonds. The van der Waals surface area contributed by atoms with Crippen molar-refractivity contribution < 1.29 is 24.1 Å². The fourth-order valence-electron chi connectivity index (χ4n) is 2.81. The molecule has 0 radical (unpaired) electrons. The van der Waals surface area contributed by atoms with Crippen LogP contribution in [0, 0.1) is 6.92 Å². The van der Waals surface area contributed by atoms with Gasteiger partial charge in [0, 0.05) is 19.6 Å². The highest BCUT2D eigenvalue weighted by molar-refractivity contribution is 7.17.